The number of amides is 1. The first-order valence-electron chi connectivity index (χ1n) is 8.39. The maximum Gasteiger partial charge on any atom is 0.271 e. The second kappa shape index (κ2) is 8.20. The SMILES string of the molecule is Cc1cnc(C(=O)NCc2cccnc2N(C)Cc2ccccc2)cn1. The third-order valence-electron chi connectivity index (χ3n) is 3.94. The molecule has 2 aromatic heterocycles. The number of hydrogen-bond donors (Lipinski definition) is 1. The lowest BCUT2D eigenvalue weighted by Gasteiger charge is -2.21. The van der Waals surface area contributed by atoms with E-state index in [9.17, 15) is 4.79 Å². The van der Waals surface area contributed by atoms with Crippen molar-refractivity contribution < 1.29 is 4.79 Å². The first-order chi connectivity index (χ1) is 12.6. The fourth-order valence-electron chi connectivity index (χ4n) is 2.62. The summed E-state index contributed by atoms with van der Waals surface area (Å²) < 4.78 is 0. The number of nitrogens with zero attached hydrogens (tertiary/aromatic N) is 4. The Morgan fingerprint density at radius 1 is 1.04 bits per heavy atom. The highest BCUT2D eigenvalue weighted by Gasteiger charge is 2.12. The van der Waals surface area contributed by atoms with Gasteiger partial charge < -0.3 is 10.2 Å². The Labute approximate surface area is 153 Å². The van der Waals surface area contributed by atoms with Crippen LogP contribution in [-0.4, -0.2) is 27.9 Å². The molecule has 0 fully saturated rings. The molecular formula is C20H21N5O. The van der Waals surface area contributed by atoms with Crippen LogP contribution >= 0.6 is 0 Å². The molecular weight excluding hydrogens is 326 g/mol. The standard InChI is InChI=1S/C20H21N5O/c1-15-11-23-18(13-22-15)20(26)24-12-17-9-6-10-21-19(17)25(2)14-16-7-4-3-5-8-16/h3-11,13H,12,14H2,1-2H3,(H,24,26). The largest absolute Gasteiger partial charge is 0.355 e. The van der Waals surface area contributed by atoms with E-state index in [0.29, 0.717) is 12.2 Å². The van der Waals surface area contributed by atoms with Crippen molar-refractivity contribution in [1.82, 2.24) is 20.3 Å². The van der Waals surface area contributed by atoms with Crippen LogP contribution in [0.5, 0.6) is 0 Å². The molecule has 1 amide bonds. The maximum absolute atomic E-state index is 12.3. The van der Waals surface area contributed by atoms with Crippen molar-refractivity contribution in [2.24, 2.45) is 0 Å². The van der Waals surface area contributed by atoms with Gasteiger partial charge in [0.05, 0.1) is 11.9 Å². The van der Waals surface area contributed by atoms with E-state index in [0.717, 1.165) is 23.6 Å². The van der Waals surface area contributed by atoms with Gasteiger partial charge in [-0.15, -0.1) is 0 Å². The number of aromatic nitrogens is 3. The van der Waals surface area contributed by atoms with Crippen molar-refractivity contribution in [1.29, 1.82) is 0 Å². The van der Waals surface area contributed by atoms with Crippen LogP contribution in [0.4, 0.5) is 5.82 Å². The first-order valence-corrected chi connectivity index (χ1v) is 8.39. The molecule has 6 heteroatoms. The highest BCUT2D eigenvalue weighted by atomic mass is 16.1. The van der Waals surface area contributed by atoms with Crippen molar-refractivity contribution in [3.63, 3.8) is 0 Å². The molecule has 0 radical (unpaired) electrons. The Hall–Kier alpha value is -3.28. The Bertz CT molecular complexity index is 865. The van der Waals surface area contributed by atoms with Gasteiger partial charge in [0.1, 0.15) is 11.5 Å². The first kappa shape index (κ1) is 17.5. The van der Waals surface area contributed by atoms with E-state index in [1.165, 1.54) is 11.8 Å². The number of nitrogens with one attached hydrogen (secondary N) is 1. The summed E-state index contributed by atoms with van der Waals surface area (Å²) in [6, 6.07) is 14.0. The Balaban J connectivity index is 1.68. The molecule has 0 saturated carbocycles. The van der Waals surface area contributed by atoms with Crippen LogP contribution in [0.2, 0.25) is 0 Å². The van der Waals surface area contributed by atoms with Crippen LogP contribution in [-0.2, 0) is 13.1 Å². The molecule has 1 N–H and O–H groups in total. The lowest BCUT2D eigenvalue weighted by Crippen LogP contribution is -2.26. The average Bonchev–Trinajstić information content (AvgIpc) is 2.67. The molecule has 26 heavy (non-hydrogen) atoms. The second-order valence-corrected chi connectivity index (χ2v) is 6.05. The smallest absolute Gasteiger partial charge is 0.271 e. The molecule has 3 rings (SSSR count). The normalized spacial score (nSPS) is 10.4. The minimum atomic E-state index is -0.252. The van der Waals surface area contributed by atoms with Crippen LogP contribution in [0.15, 0.2) is 61.1 Å². The van der Waals surface area contributed by atoms with Gasteiger partial charge >= 0.3 is 0 Å². The number of anilines is 1. The van der Waals surface area contributed by atoms with E-state index >= 15 is 0 Å². The fourth-order valence-corrected chi connectivity index (χ4v) is 2.62. The maximum atomic E-state index is 12.3. The number of carbonyl (C=O) groups excluding carboxylic acids is 1. The van der Waals surface area contributed by atoms with E-state index in [-0.39, 0.29) is 5.91 Å². The molecule has 0 spiro atoms. The van der Waals surface area contributed by atoms with Gasteiger partial charge in [-0.2, -0.15) is 0 Å². The fraction of sp³-hybridized carbons (Fsp3) is 0.200. The molecule has 0 aliphatic heterocycles. The summed E-state index contributed by atoms with van der Waals surface area (Å²) in [4.78, 5) is 27.0. The third-order valence-corrected chi connectivity index (χ3v) is 3.94. The van der Waals surface area contributed by atoms with E-state index < -0.39 is 0 Å². The monoisotopic (exact) mass is 347 g/mol. The molecule has 0 saturated heterocycles. The van der Waals surface area contributed by atoms with Crippen LogP contribution in [0, 0.1) is 6.92 Å². The topological polar surface area (TPSA) is 71.0 Å². The Morgan fingerprint density at radius 3 is 2.58 bits per heavy atom. The number of rotatable bonds is 6. The third kappa shape index (κ3) is 4.42. The number of carbonyl (C=O) groups is 1. The van der Waals surface area contributed by atoms with Crippen molar-refractivity contribution in [3.05, 3.63) is 83.6 Å². The summed E-state index contributed by atoms with van der Waals surface area (Å²) >= 11 is 0. The van der Waals surface area contributed by atoms with E-state index in [1.54, 1.807) is 12.4 Å². The molecule has 0 atom stereocenters. The zero-order valence-electron chi connectivity index (χ0n) is 14.9. The quantitative estimate of drug-likeness (QED) is 0.742. The van der Waals surface area contributed by atoms with Crippen LogP contribution in [0.3, 0.4) is 0 Å². The van der Waals surface area contributed by atoms with E-state index in [4.69, 9.17) is 0 Å². The summed E-state index contributed by atoms with van der Waals surface area (Å²) in [6.45, 7) is 2.94. The average molecular weight is 347 g/mol. The lowest BCUT2D eigenvalue weighted by atomic mass is 10.2. The van der Waals surface area contributed by atoms with Crippen molar-refractivity contribution in [2.45, 2.75) is 20.0 Å². The molecule has 6 nitrogen and oxygen atoms in total. The van der Waals surface area contributed by atoms with Gasteiger partial charge in [0, 0.05) is 38.1 Å². The molecule has 2 heterocycles. The van der Waals surface area contributed by atoms with E-state index in [1.807, 2.05) is 44.3 Å². The molecule has 3 aromatic rings. The van der Waals surface area contributed by atoms with Gasteiger partial charge in [-0.3, -0.25) is 9.78 Å². The van der Waals surface area contributed by atoms with Gasteiger partial charge in [0.25, 0.3) is 5.91 Å². The summed E-state index contributed by atoms with van der Waals surface area (Å²) in [6.07, 6.45) is 4.82. The summed E-state index contributed by atoms with van der Waals surface area (Å²) in [5.41, 5.74) is 3.22. The van der Waals surface area contributed by atoms with Crippen LogP contribution in [0.25, 0.3) is 0 Å². The van der Waals surface area contributed by atoms with Crippen LogP contribution in [0.1, 0.15) is 27.3 Å². The predicted molar refractivity (Wildman–Crippen MR) is 101 cm³/mol. The highest BCUT2D eigenvalue weighted by Crippen LogP contribution is 2.18. The molecule has 0 unspecified atom stereocenters. The zero-order chi connectivity index (χ0) is 18.4. The minimum absolute atomic E-state index is 0.252. The minimum Gasteiger partial charge on any atom is -0.355 e. The number of benzene rings is 1. The van der Waals surface area contributed by atoms with Crippen molar-refractivity contribution >= 4 is 11.7 Å². The highest BCUT2D eigenvalue weighted by molar-refractivity contribution is 5.91. The van der Waals surface area contributed by atoms with E-state index in [2.05, 4.69) is 37.3 Å². The van der Waals surface area contributed by atoms with Gasteiger partial charge in [-0.05, 0) is 18.6 Å². The summed E-state index contributed by atoms with van der Waals surface area (Å²) in [5.74, 6) is 0.588. The predicted octanol–water partition coefficient (Wildman–Crippen LogP) is 2.75. The van der Waals surface area contributed by atoms with Gasteiger partial charge in [0.2, 0.25) is 0 Å². The van der Waals surface area contributed by atoms with Gasteiger partial charge in [0.15, 0.2) is 0 Å². The van der Waals surface area contributed by atoms with Gasteiger partial charge in [-0.25, -0.2) is 9.97 Å². The number of aryl methyl sites for hydroxylation is 1. The van der Waals surface area contributed by atoms with Crippen LogP contribution < -0.4 is 10.2 Å². The summed E-state index contributed by atoms with van der Waals surface area (Å²) in [7, 11) is 1.99. The number of pyridine rings is 1. The molecule has 0 aliphatic rings. The molecule has 132 valence electrons. The molecule has 0 aliphatic carbocycles. The lowest BCUT2D eigenvalue weighted by molar-refractivity contribution is 0.0945. The molecule has 0 bridgehead atoms. The Kier molecular flexibility index (Phi) is 5.53. The van der Waals surface area contributed by atoms with Crippen molar-refractivity contribution in [2.75, 3.05) is 11.9 Å². The zero-order valence-corrected chi connectivity index (χ0v) is 14.9. The number of hydrogen-bond acceptors (Lipinski definition) is 5. The van der Waals surface area contributed by atoms with Crippen molar-refractivity contribution in [3.8, 4) is 0 Å². The second-order valence-electron chi connectivity index (χ2n) is 6.05. The molecule has 1 aromatic carbocycles. The summed E-state index contributed by atoms with van der Waals surface area (Å²) in [5, 5.41) is 2.89. The van der Waals surface area contributed by atoms with Gasteiger partial charge in [-0.1, -0.05) is 36.4 Å². The Morgan fingerprint density at radius 2 is 1.85 bits per heavy atom.